The average molecular weight is 264 g/mol. The molecule has 1 aromatic rings. The van der Waals surface area contributed by atoms with Crippen LogP contribution in [-0.2, 0) is 4.74 Å². The summed E-state index contributed by atoms with van der Waals surface area (Å²) in [5.74, 6) is 0.829. The van der Waals surface area contributed by atoms with E-state index in [-0.39, 0.29) is 12.2 Å². The molecule has 5 nitrogen and oxygen atoms in total. The number of carbonyl (C=O) groups is 1. The molecule has 1 aliphatic rings. The van der Waals surface area contributed by atoms with E-state index in [0.29, 0.717) is 19.2 Å². The van der Waals surface area contributed by atoms with Gasteiger partial charge in [0.05, 0.1) is 6.54 Å². The zero-order valence-corrected chi connectivity index (χ0v) is 11.5. The van der Waals surface area contributed by atoms with Gasteiger partial charge in [-0.25, -0.2) is 4.79 Å². The number of rotatable bonds is 5. The maximum absolute atomic E-state index is 10.9. The van der Waals surface area contributed by atoms with Crippen molar-refractivity contribution in [1.29, 1.82) is 0 Å². The van der Waals surface area contributed by atoms with Crippen LogP contribution in [0.4, 0.5) is 4.79 Å². The Morgan fingerprint density at radius 1 is 1.58 bits per heavy atom. The van der Waals surface area contributed by atoms with Gasteiger partial charge in [0, 0.05) is 6.04 Å². The van der Waals surface area contributed by atoms with Gasteiger partial charge >= 0.3 is 6.09 Å². The fourth-order valence-electron chi connectivity index (χ4n) is 1.98. The molecule has 0 saturated carbocycles. The molecule has 2 unspecified atom stereocenters. The summed E-state index contributed by atoms with van der Waals surface area (Å²) >= 11 is 0. The van der Waals surface area contributed by atoms with Gasteiger partial charge in [-0.15, -0.1) is 0 Å². The summed E-state index contributed by atoms with van der Waals surface area (Å²) in [4.78, 5) is 10.9. The summed E-state index contributed by atoms with van der Waals surface area (Å²) in [6.45, 7) is 5.01. The van der Waals surface area contributed by atoms with Crippen LogP contribution in [0.1, 0.15) is 24.1 Å². The van der Waals surface area contributed by atoms with Gasteiger partial charge in [0.25, 0.3) is 0 Å². The summed E-state index contributed by atoms with van der Waals surface area (Å²) in [5, 5.41) is 5.81. The van der Waals surface area contributed by atoms with E-state index in [1.807, 2.05) is 26.1 Å². The Kier molecular flexibility index (Phi) is 4.27. The molecule has 1 aliphatic heterocycles. The zero-order chi connectivity index (χ0) is 13.8. The van der Waals surface area contributed by atoms with Crippen molar-refractivity contribution in [2.75, 3.05) is 20.2 Å². The topological polar surface area (TPSA) is 59.6 Å². The second-order valence-corrected chi connectivity index (χ2v) is 4.75. The Hall–Kier alpha value is -1.75. The number of nitrogens with one attached hydrogen (secondary N) is 2. The second kappa shape index (κ2) is 5.93. The summed E-state index contributed by atoms with van der Waals surface area (Å²) < 4.78 is 10.7. The fourth-order valence-corrected chi connectivity index (χ4v) is 1.98. The third-order valence-electron chi connectivity index (χ3n) is 3.30. The lowest BCUT2D eigenvalue weighted by atomic mass is 10.1. The maximum atomic E-state index is 10.9. The Bertz CT molecular complexity index is 462. The van der Waals surface area contributed by atoms with Crippen LogP contribution in [0.15, 0.2) is 18.2 Å². The third-order valence-corrected chi connectivity index (χ3v) is 3.30. The molecule has 1 heterocycles. The van der Waals surface area contributed by atoms with Gasteiger partial charge in [0.1, 0.15) is 12.4 Å². The highest BCUT2D eigenvalue weighted by Gasteiger charge is 2.23. The molecule has 19 heavy (non-hydrogen) atoms. The molecule has 1 amide bonds. The van der Waals surface area contributed by atoms with E-state index in [9.17, 15) is 4.79 Å². The van der Waals surface area contributed by atoms with Crippen molar-refractivity contribution < 1.29 is 14.3 Å². The molecule has 5 heteroatoms. The molecule has 2 rings (SSSR count). The van der Waals surface area contributed by atoms with E-state index in [1.54, 1.807) is 0 Å². The molecule has 0 aromatic heterocycles. The van der Waals surface area contributed by atoms with Crippen molar-refractivity contribution >= 4 is 6.09 Å². The number of ether oxygens (including phenoxy) is 2. The van der Waals surface area contributed by atoms with Gasteiger partial charge in [-0.2, -0.15) is 0 Å². The van der Waals surface area contributed by atoms with Gasteiger partial charge in [-0.3, -0.25) is 0 Å². The van der Waals surface area contributed by atoms with Crippen LogP contribution in [-0.4, -0.2) is 32.4 Å². The Morgan fingerprint density at radius 3 is 2.95 bits per heavy atom. The van der Waals surface area contributed by atoms with Gasteiger partial charge < -0.3 is 20.1 Å². The minimum Gasteiger partial charge on any atom is -0.489 e. The number of hydrogen-bond donors (Lipinski definition) is 2. The molecule has 104 valence electrons. The van der Waals surface area contributed by atoms with Crippen molar-refractivity contribution in [2.24, 2.45) is 0 Å². The van der Waals surface area contributed by atoms with Crippen LogP contribution in [0.3, 0.4) is 0 Å². The Labute approximate surface area is 113 Å². The van der Waals surface area contributed by atoms with Crippen LogP contribution in [0, 0.1) is 6.92 Å². The molecule has 0 spiro atoms. The summed E-state index contributed by atoms with van der Waals surface area (Å²) in [7, 11) is 1.94. The molecule has 0 bridgehead atoms. The number of benzene rings is 1. The monoisotopic (exact) mass is 264 g/mol. The van der Waals surface area contributed by atoms with Crippen molar-refractivity contribution in [2.45, 2.75) is 26.0 Å². The number of alkyl carbamates (subject to hydrolysis) is 1. The quantitative estimate of drug-likeness (QED) is 0.851. The normalized spacial score (nSPS) is 19.7. The lowest BCUT2D eigenvalue weighted by Gasteiger charge is -2.15. The first-order chi connectivity index (χ1) is 9.10. The number of cyclic esters (lactones) is 1. The highest BCUT2D eigenvalue weighted by atomic mass is 16.6. The molecule has 1 aromatic carbocycles. The SMILES string of the molecule is CNC(C)c1ccc(OCC2CNC(=O)O2)c(C)c1. The molecule has 0 radical (unpaired) electrons. The van der Waals surface area contributed by atoms with E-state index in [0.717, 1.165) is 11.3 Å². The number of aryl methyl sites for hydroxylation is 1. The Balaban J connectivity index is 1.95. The van der Waals surface area contributed by atoms with Crippen LogP contribution < -0.4 is 15.4 Å². The highest BCUT2D eigenvalue weighted by Crippen LogP contribution is 2.23. The van der Waals surface area contributed by atoms with Crippen molar-refractivity contribution in [1.82, 2.24) is 10.6 Å². The molecule has 1 fully saturated rings. The summed E-state index contributed by atoms with van der Waals surface area (Å²) in [5.41, 5.74) is 2.30. The first-order valence-corrected chi connectivity index (χ1v) is 6.45. The molecule has 0 aliphatic carbocycles. The lowest BCUT2D eigenvalue weighted by Crippen LogP contribution is -2.22. The molecule has 2 atom stereocenters. The van der Waals surface area contributed by atoms with Crippen LogP contribution >= 0.6 is 0 Å². The van der Waals surface area contributed by atoms with Gasteiger partial charge in [-0.1, -0.05) is 12.1 Å². The largest absolute Gasteiger partial charge is 0.489 e. The van der Waals surface area contributed by atoms with E-state index in [4.69, 9.17) is 9.47 Å². The van der Waals surface area contributed by atoms with Crippen molar-refractivity contribution in [3.63, 3.8) is 0 Å². The van der Waals surface area contributed by atoms with Gasteiger partial charge in [0.2, 0.25) is 0 Å². The van der Waals surface area contributed by atoms with Gasteiger partial charge in [0.15, 0.2) is 6.10 Å². The van der Waals surface area contributed by atoms with Crippen molar-refractivity contribution in [3.05, 3.63) is 29.3 Å². The van der Waals surface area contributed by atoms with Gasteiger partial charge in [-0.05, 0) is 38.1 Å². The van der Waals surface area contributed by atoms with E-state index in [1.165, 1.54) is 5.56 Å². The third kappa shape index (κ3) is 3.38. The van der Waals surface area contributed by atoms with E-state index < -0.39 is 0 Å². The van der Waals surface area contributed by atoms with Crippen molar-refractivity contribution in [3.8, 4) is 5.75 Å². The predicted molar refractivity (Wildman–Crippen MR) is 72.4 cm³/mol. The number of hydrogen-bond acceptors (Lipinski definition) is 4. The lowest BCUT2D eigenvalue weighted by molar-refractivity contribution is 0.104. The second-order valence-electron chi connectivity index (χ2n) is 4.75. The smallest absolute Gasteiger partial charge is 0.407 e. The summed E-state index contributed by atoms with van der Waals surface area (Å²) in [6, 6.07) is 6.42. The highest BCUT2D eigenvalue weighted by molar-refractivity contribution is 5.69. The maximum Gasteiger partial charge on any atom is 0.407 e. The zero-order valence-electron chi connectivity index (χ0n) is 11.5. The minimum absolute atomic E-state index is 0.206. The standard InChI is InChI=1S/C14H20N2O3/c1-9-6-11(10(2)15-3)4-5-13(9)18-8-12-7-16-14(17)19-12/h4-6,10,12,15H,7-8H2,1-3H3,(H,16,17). The summed E-state index contributed by atoms with van der Waals surface area (Å²) in [6.07, 6.45) is -0.577. The van der Waals surface area contributed by atoms with Crippen LogP contribution in [0.5, 0.6) is 5.75 Å². The molecular formula is C14H20N2O3. The Morgan fingerprint density at radius 2 is 2.37 bits per heavy atom. The molecule has 2 N–H and O–H groups in total. The molecular weight excluding hydrogens is 244 g/mol. The first-order valence-electron chi connectivity index (χ1n) is 6.45. The predicted octanol–water partition coefficient (Wildman–Crippen LogP) is 1.76. The van der Waals surface area contributed by atoms with E-state index in [2.05, 4.69) is 23.6 Å². The minimum atomic E-state index is -0.372. The van der Waals surface area contributed by atoms with Crippen LogP contribution in [0.25, 0.3) is 0 Å². The van der Waals surface area contributed by atoms with E-state index >= 15 is 0 Å². The average Bonchev–Trinajstić information content (AvgIpc) is 2.82. The molecule has 1 saturated heterocycles. The van der Waals surface area contributed by atoms with Crippen LogP contribution in [0.2, 0.25) is 0 Å². The fraction of sp³-hybridized carbons (Fsp3) is 0.500. The number of amides is 1. The first kappa shape index (κ1) is 13.7. The number of carbonyl (C=O) groups excluding carboxylic acids is 1.